The topological polar surface area (TPSA) is 45.5 Å². The van der Waals surface area contributed by atoms with Gasteiger partial charge in [-0.15, -0.1) is 0 Å². The monoisotopic (exact) mass is 234 g/mol. The molecule has 0 aliphatic carbocycles. The van der Waals surface area contributed by atoms with Gasteiger partial charge in [0.15, 0.2) is 0 Å². The minimum absolute atomic E-state index is 0.134. The van der Waals surface area contributed by atoms with Crippen LogP contribution in [-0.4, -0.2) is 36.5 Å². The fourth-order valence-corrected chi connectivity index (χ4v) is 3.08. The third kappa shape index (κ3) is 1.76. The molecule has 0 aromatic carbocycles. The molecule has 3 heterocycles. The fraction of sp³-hybridized carbons (Fsp3) is 0.615. The first-order valence-corrected chi connectivity index (χ1v) is 6.33. The normalized spacial score (nSPS) is 28.2. The van der Waals surface area contributed by atoms with Crippen LogP contribution in [0.3, 0.4) is 0 Å². The minimum Gasteiger partial charge on any atom is -0.469 e. The summed E-state index contributed by atoms with van der Waals surface area (Å²) in [6, 6.07) is 2.16. The number of rotatable bonds is 1. The smallest absolute Gasteiger partial charge is 0.257 e. The van der Waals surface area contributed by atoms with Crippen LogP contribution in [0.25, 0.3) is 0 Å². The molecule has 2 saturated heterocycles. The summed E-state index contributed by atoms with van der Waals surface area (Å²) in [5.41, 5.74) is 0.720. The van der Waals surface area contributed by atoms with E-state index in [-0.39, 0.29) is 5.91 Å². The predicted octanol–water partition coefficient (Wildman–Crippen LogP) is 1.41. The minimum atomic E-state index is 0.134. The molecule has 2 atom stereocenters. The summed E-state index contributed by atoms with van der Waals surface area (Å²) in [4.78, 5) is 14.5. The van der Waals surface area contributed by atoms with E-state index in [1.807, 2.05) is 11.8 Å². The van der Waals surface area contributed by atoms with Crippen molar-refractivity contribution >= 4 is 5.91 Å². The standard InChI is InChI=1S/C13H18N2O2/c1-9-11(4-6-17-9)13(16)15-5-2-3-10-7-14-8-12(10)15/h4,6,10,12,14H,2-3,5,7-8H2,1H3. The van der Waals surface area contributed by atoms with E-state index in [0.717, 1.165) is 37.4 Å². The van der Waals surface area contributed by atoms with Crippen LogP contribution in [0, 0.1) is 12.8 Å². The third-order valence-electron chi connectivity index (χ3n) is 4.03. The van der Waals surface area contributed by atoms with Gasteiger partial charge in [0.2, 0.25) is 0 Å². The fourth-order valence-electron chi connectivity index (χ4n) is 3.08. The molecule has 0 radical (unpaired) electrons. The molecule has 1 aromatic heterocycles. The molecule has 0 bridgehead atoms. The van der Waals surface area contributed by atoms with E-state index >= 15 is 0 Å². The SMILES string of the molecule is Cc1occc1C(=O)N1CCCC2CNCC21. The highest BCUT2D eigenvalue weighted by molar-refractivity contribution is 5.95. The van der Waals surface area contributed by atoms with E-state index < -0.39 is 0 Å². The predicted molar refractivity (Wildman–Crippen MR) is 63.9 cm³/mol. The molecule has 1 amide bonds. The highest BCUT2D eigenvalue weighted by Gasteiger charge is 2.38. The van der Waals surface area contributed by atoms with Crippen molar-refractivity contribution in [1.82, 2.24) is 10.2 Å². The molecule has 92 valence electrons. The van der Waals surface area contributed by atoms with E-state index in [1.54, 1.807) is 12.3 Å². The number of aryl methyl sites for hydroxylation is 1. The van der Waals surface area contributed by atoms with Crippen molar-refractivity contribution in [3.05, 3.63) is 23.7 Å². The summed E-state index contributed by atoms with van der Waals surface area (Å²) in [7, 11) is 0. The van der Waals surface area contributed by atoms with Gasteiger partial charge < -0.3 is 14.6 Å². The Balaban J connectivity index is 1.83. The van der Waals surface area contributed by atoms with Crippen LogP contribution in [-0.2, 0) is 0 Å². The second-order valence-electron chi connectivity index (χ2n) is 5.02. The van der Waals surface area contributed by atoms with Crippen molar-refractivity contribution in [2.45, 2.75) is 25.8 Å². The van der Waals surface area contributed by atoms with Gasteiger partial charge in [-0.25, -0.2) is 0 Å². The Morgan fingerprint density at radius 3 is 3.18 bits per heavy atom. The molecular formula is C13H18N2O2. The number of carbonyl (C=O) groups is 1. The largest absolute Gasteiger partial charge is 0.469 e. The molecule has 1 aromatic rings. The van der Waals surface area contributed by atoms with Crippen LogP contribution in [0.2, 0.25) is 0 Å². The summed E-state index contributed by atoms with van der Waals surface area (Å²) in [6.07, 6.45) is 3.95. The quantitative estimate of drug-likeness (QED) is 0.799. The summed E-state index contributed by atoms with van der Waals surface area (Å²) in [6.45, 7) is 4.72. The highest BCUT2D eigenvalue weighted by atomic mass is 16.3. The highest BCUT2D eigenvalue weighted by Crippen LogP contribution is 2.28. The molecule has 3 rings (SSSR count). The Bertz CT molecular complexity index is 427. The number of amides is 1. The van der Waals surface area contributed by atoms with Gasteiger partial charge in [-0.2, -0.15) is 0 Å². The van der Waals surface area contributed by atoms with Crippen LogP contribution in [0.4, 0.5) is 0 Å². The molecule has 4 nitrogen and oxygen atoms in total. The molecule has 2 unspecified atom stereocenters. The molecule has 2 aliphatic rings. The molecule has 2 fully saturated rings. The van der Waals surface area contributed by atoms with E-state index in [0.29, 0.717) is 12.0 Å². The van der Waals surface area contributed by atoms with Gasteiger partial charge in [0, 0.05) is 25.7 Å². The van der Waals surface area contributed by atoms with Crippen molar-refractivity contribution in [2.75, 3.05) is 19.6 Å². The second kappa shape index (κ2) is 4.18. The number of piperidine rings is 1. The first-order valence-electron chi connectivity index (χ1n) is 6.33. The van der Waals surface area contributed by atoms with E-state index in [4.69, 9.17) is 4.42 Å². The number of hydrogen-bond donors (Lipinski definition) is 1. The van der Waals surface area contributed by atoms with Gasteiger partial charge in [0.1, 0.15) is 5.76 Å². The summed E-state index contributed by atoms with van der Waals surface area (Å²) < 4.78 is 5.22. The zero-order chi connectivity index (χ0) is 11.8. The van der Waals surface area contributed by atoms with Crippen molar-refractivity contribution in [2.24, 2.45) is 5.92 Å². The Morgan fingerprint density at radius 1 is 1.53 bits per heavy atom. The van der Waals surface area contributed by atoms with Gasteiger partial charge in [0.25, 0.3) is 5.91 Å². The van der Waals surface area contributed by atoms with Gasteiger partial charge in [-0.3, -0.25) is 4.79 Å². The zero-order valence-electron chi connectivity index (χ0n) is 10.1. The Labute approximate surface area is 101 Å². The summed E-state index contributed by atoms with van der Waals surface area (Å²) in [5, 5.41) is 3.39. The first kappa shape index (κ1) is 10.8. The second-order valence-corrected chi connectivity index (χ2v) is 5.02. The van der Waals surface area contributed by atoms with Crippen LogP contribution in [0.1, 0.15) is 29.0 Å². The maximum absolute atomic E-state index is 12.5. The molecule has 17 heavy (non-hydrogen) atoms. The number of nitrogens with one attached hydrogen (secondary N) is 1. The Hall–Kier alpha value is -1.29. The van der Waals surface area contributed by atoms with Crippen LogP contribution < -0.4 is 5.32 Å². The van der Waals surface area contributed by atoms with Gasteiger partial charge in [0.05, 0.1) is 11.8 Å². The lowest BCUT2D eigenvalue weighted by molar-refractivity contribution is 0.0573. The molecular weight excluding hydrogens is 216 g/mol. The Morgan fingerprint density at radius 2 is 2.41 bits per heavy atom. The number of likely N-dealkylation sites (tertiary alicyclic amines) is 1. The zero-order valence-corrected chi connectivity index (χ0v) is 10.1. The number of hydrogen-bond acceptors (Lipinski definition) is 3. The number of carbonyl (C=O) groups excluding carboxylic acids is 1. The lowest BCUT2D eigenvalue weighted by atomic mass is 9.91. The van der Waals surface area contributed by atoms with E-state index in [1.165, 1.54) is 6.42 Å². The maximum Gasteiger partial charge on any atom is 0.257 e. The Kier molecular flexibility index (Phi) is 2.67. The van der Waals surface area contributed by atoms with E-state index in [9.17, 15) is 4.79 Å². The van der Waals surface area contributed by atoms with Crippen molar-refractivity contribution in [1.29, 1.82) is 0 Å². The van der Waals surface area contributed by atoms with Crippen molar-refractivity contribution < 1.29 is 9.21 Å². The molecule has 1 N–H and O–H groups in total. The molecule has 2 aliphatic heterocycles. The third-order valence-corrected chi connectivity index (χ3v) is 4.03. The average Bonchev–Trinajstić information content (AvgIpc) is 2.95. The number of nitrogens with zero attached hydrogens (tertiary/aromatic N) is 1. The van der Waals surface area contributed by atoms with Crippen molar-refractivity contribution in [3.63, 3.8) is 0 Å². The summed E-state index contributed by atoms with van der Waals surface area (Å²) in [5.74, 6) is 1.50. The maximum atomic E-state index is 12.5. The van der Waals surface area contributed by atoms with Crippen molar-refractivity contribution in [3.8, 4) is 0 Å². The summed E-state index contributed by atoms with van der Waals surface area (Å²) >= 11 is 0. The molecule has 0 spiro atoms. The first-order chi connectivity index (χ1) is 8.27. The average molecular weight is 234 g/mol. The molecule has 4 heteroatoms. The lowest BCUT2D eigenvalue weighted by Gasteiger charge is -2.37. The number of fused-ring (bicyclic) bond motifs is 1. The van der Waals surface area contributed by atoms with Crippen LogP contribution in [0.15, 0.2) is 16.7 Å². The van der Waals surface area contributed by atoms with Crippen LogP contribution in [0.5, 0.6) is 0 Å². The molecule has 0 saturated carbocycles. The van der Waals surface area contributed by atoms with Crippen LogP contribution >= 0.6 is 0 Å². The van der Waals surface area contributed by atoms with Gasteiger partial charge in [-0.05, 0) is 31.7 Å². The van der Waals surface area contributed by atoms with Gasteiger partial charge in [-0.1, -0.05) is 0 Å². The van der Waals surface area contributed by atoms with Gasteiger partial charge >= 0.3 is 0 Å². The number of furan rings is 1. The lowest BCUT2D eigenvalue weighted by Crippen LogP contribution is -2.48. The van der Waals surface area contributed by atoms with E-state index in [2.05, 4.69) is 5.32 Å².